The molecule has 1 aliphatic rings. The predicted octanol–water partition coefficient (Wildman–Crippen LogP) is 2.08. The Morgan fingerprint density at radius 1 is 1.22 bits per heavy atom. The van der Waals surface area contributed by atoms with Crippen molar-refractivity contribution in [3.8, 4) is 5.75 Å². The molecule has 0 atom stereocenters. The minimum absolute atomic E-state index is 0.239. The minimum Gasteiger partial charge on any atom is -0.495 e. The van der Waals surface area contributed by atoms with Crippen LogP contribution in [-0.4, -0.2) is 69.1 Å². The van der Waals surface area contributed by atoms with E-state index < -0.39 is 0 Å². The minimum atomic E-state index is 0.239. The van der Waals surface area contributed by atoms with Crippen molar-refractivity contribution in [3.63, 3.8) is 0 Å². The number of anilines is 1. The summed E-state index contributed by atoms with van der Waals surface area (Å²) in [5.74, 6) is 1.13. The Hall–Kier alpha value is -1.75. The molecular weight excluding hydrogens is 290 g/mol. The van der Waals surface area contributed by atoms with Crippen LogP contribution in [0.25, 0.3) is 0 Å². The molecule has 1 aromatic carbocycles. The largest absolute Gasteiger partial charge is 0.495 e. The number of piperazine rings is 1. The molecule has 0 unspecified atom stereocenters. The lowest BCUT2D eigenvalue weighted by Crippen LogP contribution is -2.51. The van der Waals surface area contributed by atoms with Crippen LogP contribution in [0.2, 0.25) is 0 Å². The van der Waals surface area contributed by atoms with Crippen molar-refractivity contribution in [1.82, 2.24) is 9.80 Å². The van der Waals surface area contributed by atoms with Crippen molar-refractivity contribution in [2.45, 2.75) is 19.8 Å². The maximum Gasteiger partial charge on any atom is 0.236 e. The molecule has 5 nitrogen and oxygen atoms in total. The first-order valence-corrected chi connectivity index (χ1v) is 8.50. The van der Waals surface area contributed by atoms with Gasteiger partial charge in [-0.25, -0.2) is 0 Å². The second-order valence-corrected chi connectivity index (χ2v) is 6.13. The number of para-hydroxylation sites is 2. The average molecular weight is 319 g/mol. The number of carbonyl (C=O) groups excluding carboxylic acids is 1. The van der Waals surface area contributed by atoms with Gasteiger partial charge >= 0.3 is 0 Å². The third kappa shape index (κ3) is 4.86. The Balaban J connectivity index is 1.85. The third-order valence-corrected chi connectivity index (χ3v) is 4.36. The van der Waals surface area contributed by atoms with Crippen LogP contribution in [0.4, 0.5) is 5.69 Å². The van der Waals surface area contributed by atoms with Crippen molar-refractivity contribution in [1.29, 1.82) is 0 Å². The predicted molar refractivity (Wildman–Crippen MR) is 94.2 cm³/mol. The van der Waals surface area contributed by atoms with E-state index in [2.05, 4.69) is 22.8 Å². The third-order valence-electron chi connectivity index (χ3n) is 4.36. The highest BCUT2D eigenvalue weighted by molar-refractivity contribution is 5.78. The summed E-state index contributed by atoms with van der Waals surface area (Å²) in [7, 11) is 3.73. The van der Waals surface area contributed by atoms with Crippen molar-refractivity contribution in [2.75, 3.05) is 58.3 Å². The molecule has 1 aliphatic heterocycles. The van der Waals surface area contributed by atoms with Gasteiger partial charge in [0.25, 0.3) is 0 Å². The van der Waals surface area contributed by atoms with E-state index in [1.807, 2.05) is 30.1 Å². The second-order valence-electron chi connectivity index (χ2n) is 6.13. The highest BCUT2D eigenvalue weighted by Crippen LogP contribution is 2.28. The molecule has 0 aromatic heterocycles. The Kier molecular flexibility index (Phi) is 6.71. The van der Waals surface area contributed by atoms with Crippen LogP contribution in [-0.2, 0) is 4.79 Å². The summed E-state index contributed by atoms with van der Waals surface area (Å²) in [6.07, 6.45) is 2.31. The standard InChI is InChI=1S/C18H29N3O2/c1-4-5-10-19(2)15-18(22)21-13-11-20(12-14-21)16-8-6-7-9-17(16)23-3/h6-9H,4-5,10-15H2,1-3H3. The number of nitrogens with zero attached hydrogens (tertiary/aromatic N) is 3. The maximum atomic E-state index is 12.4. The SMILES string of the molecule is CCCCN(C)CC(=O)N1CCN(c2ccccc2OC)CC1. The lowest BCUT2D eigenvalue weighted by Gasteiger charge is -2.37. The molecule has 1 fully saturated rings. The van der Waals surface area contributed by atoms with Gasteiger partial charge in [0.1, 0.15) is 5.75 Å². The molecule has 1 amide bonds. The van der Waals surface area contributed by atoms with Gasteiger partial charge in [0, 0.05) is 26.2 Å². The van der Waals surface area contributed by atoms with Gasteiger partial charge in [0.15, 0.2) is 0 Å². The van der Waals surface area contributed by atoms with E-state index in [1.165, 1.54) is 0 Å². The quantitative estimate of drug-likeness (QED) is 0.771. The topological polar surface area (TPSA) is 36.0 Å². The summed E-state index contributed by atoms with van der Waals surface area (Å²) in [4.78, 5) is 18.8. The molecule has 0 saturated carbocycles. The number of unbranched alkanes of at least 4 members (excludes halogenated alkanes) is 1. The summed E-state index contributed by atoms with van der Waals surface area (Å²) in [5, 5.41) is 0. The van der Waals surface area contributed by atoms with Gasteiger partial charge in [-0.1, -0.05) is 25.5 Å². The smallest absolute Gasteiger partial charge is 0.236 e. The fraction of sp³-hybridized carbons (Fsp3) is 0.611. The van der Waals surface area contributed by atoms with Crippen LogP contribution in [0, 0.1) is 0 Å². The number of benzene rings is 1. The number of rotatable bonds is 7. The Morgan fingerprint density at radius 2 is 1.91 bits per heavy atom. The zero-order valence-electron chi connectivity index (χ0n) is 14.6. The number of carbonyl (C=O) groups is 1. The molecule has 0 radical (unpaired) electrons. The molecule has 0 N–H and O–H groups in total. The van der Waals surface area contributed by atoms with E-state index in [1.54, 1.807) is 7.11 Å². The number of likely N-dealkylation sites (N-methyl/N-ethyl adjacent to an activating group) is 1. The first-order valence-electron chi connectivity index (χ1n) is 8.50. The number of hydrogen-bond acceptors (Lipinski definition) is 4. The molecule has 0 bridgehead atoms. The van der Waals surface area contributed by atoms with Crippen molar-refractivity contribution < 1.29 is 9.53 Å². The average Bonchev–Trinajstić information content (AvgIpc) is 2.60. The van der Waals surface area contributed by atoms with Crippen LogP contribution in [0.5, 0.6) is 5.75 Å². The van der Waals surface area contributed by atoms with Crippen LogP contribution < -0.4 is 9.64 Å². The second kappa shape index (κ2) is 8.77. The highest BCUT2D eigenvalue weighted by atomic mass is 16.5. The molecule has 128 valence electrons. The molecule has 2 rings (SSSR count). The molecule has 1 heterocycles. The maximum absolute atomic E-state index is 12.4. The Morgan fingerprint density at radius 3 is 2.57 bits per heavy atom. The van der Waals surface area contributed by atoms with Crippen LogP contribution >= 0.6 is 0 Å². The van der Waals surface area contributed by atoms with Gasteiger partial charge in [-0.3, -0.25) is 9.69 Å². The van der Waals surface area contributed by atoms with Gasteiger partial charge in [0.2, 0.25) is 5.91 Å². The van der Waals surface area contributed by atoms with E-state index in [0.717, 1.165) is 57.0 Å². The molecule has 0 spiro atoms. The van der Waals surface area contributed by atoms with E-state index in [9.17, 15) is 4.79 Å². The number of ether oxygens (including phenoxy) is 1. The lowest BCUT2D eigenvalue weighted by molar-refractivity contribution is -0.132. The van der Waals surface area contributed by atoms with Crippen molar-refractivity contribution in [3.05, 3.63) is 24.3 Å². The normalized spacial score (nSPS) is 15.1. The molecule has 23 heavy (non-hydrogen) atoms. The van der Waals surface area contributed by atoms with E-state index >= 15 is 0 Å². The first kappa shape index (κ1) is 17.6. The summed E-state index contributed by atoms with van der Waals surface area (Å²) in [5.41, 5.74) is 1.11. The monoisotopic (exact) mass is 319 g/mol. The lowest BCUT2D eigenvalue weighted by atomic mass is 10.2. The zero-order chi connectivity index (χ0) is 16.7. The molecule has 5 heteroatoms. The zero-order valence-corrected chi connectivity index (χ0v) is 14.6. The summed E-state index contributed by atoms with van der Waals surface area (Å²) in [6.45, 7) is 6.94. The Labute approximate surface area is 139 Å². The van der Waals surface area contributed by atoms with Crippen molar-refractivity contribution in [2.24, 2.45) is 0 Å². The first-order chi connectivity index (χ1) is 11.2. The van der Waals surface area contributed by atoms with Crippen LogP contribution in [0.15, 0.2) is 24.3 Å². The van der Waals surface area contributed by atoms with Gasteiger partial charge in [0.05, 0.1) is 19.3 Å². The molecule has 1 saturated heterocycles. The van der Waals surface area contributed by atoms with E-state index in [-0.39, 0.29) is 5.91 Å². The summed E-state index contributed by atoms with van der Waals surface area (Å²) in [6, 6.07) is 8.07. The summed E-state index contributed by atoms with van der Waals surface area (Å²) < 4.78 is 5.43. The molecule has 1 aromatic rings. The number of hydrogen-bond donors (Lipinski definition) is 0. The molecular formula is C18H29N3O2. The van der Waals surface area contributed by atoms with E-state index in [0.29, 0.717) is 6.54 Å². The van der Waals surface area contributed by atoms with Gasteiger partial charge in [-0.05, 0) is 32.1 Å². The Bertz CT molecular complexity index is 499. The fourth-order valence-electron chi connectivity index (χ4n) is 2.93. The van der Waals surface area contributed by atoms with Gasteiger partial charge < -0.3 is 14.5 Å². The van der Waals surface area contributed by atoms with Gasteiger partial charge in [-0.15, -0.1) is 0 Å². The van der Waals surface area contributed by atoms with Crippen LogP contribution in [0.1, 0.15) is 19.8 Å². The highest BCUT2D eigenvalue weighted by Gasteiger charge is 2.23. The van der Waals surface area contributed by atoms with Crippen LogP contribution in [0.3, 0.4) is 0 Å². The summed E-state index contributed by atoms with van der Waals surface area (Å²) >= 11 is 0. The van der Waals surface area contributed by atoms with E-state index in [4.69, 9.17) is 4.74 Å². The fourth-order valence-corrected chi connectivity index (χ4v) is 2.93. The van der Waals surface area contributed by atoms with Gasteiger partial charge in [-0.2, -0.15) is 0 Å². The number of methoxy groups -OCH3 is 1. The molecule has 0 aliphatic carbocycles. The van der Waals surface area contributed by atoms with Crippen molar-refractivity contribution >= 4 is 11.6 Å². The number of amides is 1.